The van der Waals surface area contributed by atoms with E-state index in [1.54, 1.807) is 5.20 Å². The van der Waals surface area contributed by atoms with Gasteiger partial charge in [0, 0.05) is 134 Å². The van der Waals surface area contributed by atoms with E-state index >= 15 is 0 Å². The van der Waals surface area contributed by atoms with Crippen LogP contribution in [0.3, 0.4) is 0 Å². The average molecular weight is 723 g/mol. The van der Waals surface area contributed by atoms with Crippen LogP contribution in [0.4, 0.5) is 34.1 Å². The molecule has 0 saturated heterocycles. The standard InChI is InChI=1S/C45H70N6Si/c1-26-23-36(46(11)12)43(39(29(26)4)49(17)18)52(42-34(9)32(7)33(8)35(42)10,44-37(47(13)14)24-27(2)30(5)40(44)50(19)20)45-38(48(15)16)25-28(3)31(6)41(45)51(21)22/h23-25,34H,1-22H3. The summed E-state index contributed by atoms with van der Waals surface area (Å²) in [6.45, 7) is 23.6. The topological polar surface area (TPSA) is 19.4 Å². The van der Waals surface area contributed by atoms with E-state index in [-0.39, 0.29) is 5.92 Å². The number of anilines is 6. The Hall–Kier alpha value is -3.84. The second-order valence-electron chi connectivity index (χ2n) is 16.9. The quantitative estimate of drug-likeness (QED) is 0.161. The Kier molecular flexibility index (Phi) is 11.4. The minimum absolute atomic E-state index is 0.247. The molecule has 0 aromatic heterocycles. The summed E-state index contributed by atoms with van der Waals surface area (Å²) in [5, 5.41) is 6.01. The number of benzene rings is 3. The van der Waals surface area contributed by atoms with Crippen LogP contribution in [0.5, 0.6) is 0 Å². The summed E-state index contributed by atoms with van der Waals surface area (Å²) in [6, 6.07) is 7.46. The number of hydrogen-bond donors (Lipinski definition) is 0. The molecule has 0 bridgehead atoms. The van der Waals surface area contributed by atoms with Gasteiger partial charge in [-0.15, -0.1) is 0 Å². The molecule has 52 heavy (non-hydrogen) atoms. The molecule has 3 aromatic rings. The number of nitrogens with zero attached hydrogens (tertiary/aromatic N) is 6. The van der Waals surface area contributed by atoms with Gasteiger partial charge < -0.3 is 29.4 Å². The molecule has 0 saturated carbocycles. The Morgan fingerprint density at radius 1 is 0.404 bits per heavy atom. The Balaban J connectivity index is 2.79. The van der Waals surface area contributed by atoms with Gasteiger partial charge in [0.25, 0.3) is 0 Å². The lowest BCUT2D eigenvalue weighted by Gasteiger charge is -2.48. The fourth-order valence-corrected chi connectivity index (χ4v) is 16.7. The Labute approximate surface area is 319 Å². The molecule has 3 aromatic carbocycles. The van der Waals surface area contributed by atoms with Crippen molar-refractivity contribution in [2.75, 3.05) is 114 Å². The van der Waals surface area contributed by atoms with Gasteiger partial charge in [0.15, 0.2) is 8.07 Å². The Bertz CT molecular complexity index is 1780. The van der Waals surface area contributed by atoms with E-state index in [0.29, 0.717) is 0 Å². The van der Waals surface area contributed by atoms with Crippen molar-refractivity contribution in [1.82, 2.24) is 0 Å². The van der Waals surface area contributed by atoms with E-state index < -0.39 is 8.07 Å². The van der Waals surface area contributed by atoms with E-state index in [4.69, 9.17) is 0 Å². The molecule has 1 unspecified atom stereocenters. The number of allylic oxidation sites excluding steroid dienone is 4. The van der Waals surface area contributed by atoms with Crippen molar-refractivity contribution in [1.29, 1.82) is 0 Å². The highest BCUT2D eigenvalue weighted by Crippen LogP contribution is 2.48. The molecule has 0 fully saturated rings. The molecule has 4 rings (SSSR count). The number of hydrogen-bond acceptors (Lipinski definition) is 6. The molecule has 0 amide bonds. The molecule has 7 heteroatoms. The van der Waals surface area contributed by atoms with Crippen LogP contribution < -0.4 is 45.0 Å². The van der Waals surface area contributed by atoms with Crippen molar-refractivity contribution in [2.24, 2.45) is 5.92 Å². The van der Waals surface area contributed by atoms with Gasteiger partial charge in [-0.1, -0.05) is 23.3 Å². The largest absolute Gasteiger partial charge is 0.378 e. The third-order valence-corrected chi connectivity index (χ3v) is 17.7. The zero-order valence-electron chi connectivity index (χ0n) is 37.0. The fourth-order valence-electron chi connectivity index (χ4n) is 9.24. The number of aryl methyl sites for hydroxylation is 3. The first-order valence-electron chi connectivity index (χ1n) is 18.8. The lowest BCUT2D eigenvalue weighted by molar-refractivity contribution is 0.851. The summed E-state index contributed by atoms with van der Waals surface area (Å²) < 4.78 is 0. The van der Waals surface area contributed by atoms with E-state index in [0.717, 1.165) is 0 Å². The van der Waals surface area contributed by atoms with Gasteiger partial charge in [-0.05, 0) is 125 Å². The lowest BCUT2D eigenvalue weighted by atomic mass is 10.0. The summed E-state index contributed by atoms with van der Waals surface area (Å²) in [5.41, 5.74) is 20.3. The second kappa shape index (κ2) is 14.5. The Morgan fingerprint density at radius 3 is 0.865 bits per heavy atom. The summed E-state index contributed by atoms with van der Waals surface area (Å²) in [5.74, 6) is 0.247. The molecule has 284 valence electrons. The third-order valence-electron chi connectivity index (χ3n) is 12.3. The first-order valence-corrected chi connectivity index (χ1v) is 20.8. The molecular formula is C45H70N6Si. The van der Waals surface area contributed by atoms with Crippen LogP contribution in [0.25, 0.3) is 0 Å². The fraction of sp³-hybridized carbons (Fsp3) is 0.511. The molecule has 0 radical (unpaired) electrons. The number of rotatable bonds is 10. The van der Waals surface area contributed by atoms with Gasteiger partial charge in [0.2, 0.25) is 0 Å². The van der Waals surface area contributed by atoms with Gasteiger partial charge in [-0.3, -0.25) is 0 Å². The maximum Gasteiger partial charge on any atom is 0.191 e. The van der Waals surface area contributed by atoms with E-state index in [1.165, 1.54) is 99.8 Å². The van der Waals surface area contributed by atoms with Crippen molar-refractivity contribution in [3.63, 3.8) is 0 Å². The smallest absolute Gasteiger partial charge is 0.191 e. The molecule has 0 spiro atoms. The molecule has 0 aliphatic heterocycles. The minimum atomic E-state index is -3.42. The normalized spacial score (nSPS) is 14.8. The van der Waals surface area contributed by atoms with Crippen LogP contribution in [-0.4, -0.2) is 92.6 Å². The summed E-state index contributed by atoms with van der Waals surface area (Å²) in [7, 11) is 23.7. The van der Waals surface area contributed by atoms with Crippen molar-refractivity contribution in [3.8, 4) is 0 Å². The van der Waals surface area contributed by atoms with Gasteiger partial charge in [-0.2, -0.15) is 0 Å². The maximum absolute atomic E-state index is 3.42. The molecule has 0 heterocycles. The van der Waals surface area contributed by atoms with Gasteiger partial charge in [0.05, 0.1) is 0 Å². The first kappa shape index (κ1) is 40.9. The molecule has 1 aliphatic carbocycles. The van der Waals surface area contributed by atoms with Gasteiger partial charge in [0.1, 0.15) is 0 Å². The van der Waals surface area contributed by atoms with Crippen molar-refractivity contribution < 1.29 is 0 Å². The van der Waals surface area contributed by atoms with Crippen LogP contribution >= 0.6 is 0 Å². The van der Waals surface area contributed by atoms with E-state index in [1.807, 2.05) is 0 Å². The monoisotopic (exact) mass is 723 g/mol. The zero-order chi connectivity index (χ0) is 39.6. The molecule has 6 nitrogen and oxygen atoms in total. The second-order valence-corrected chi connectivity index (χ2v) is 20.4. The van der Waals surface area contributed by atoms with Crippen LogP contribution in [0.15, 0.2) is 40.1 Å². The highest BCUT2D eigenvalue weighted by Gasteiger charge is 2.56. The highest BCUT2D eigenvalue weighted by atomic mass is 28.3. The molecule has 1 aliphatic rings. The SMILES string of the molecule is CC1=C(C)C(C)C([Si](c2c(N(C)C)cc(C)c(C)c2N(C)C)(c2c(N(C)C)cc(C)c(C)c2N(C)C)c2c(N(C)C)cc(C)c(C)c2N(C)C)=C1C. The highest BCUT2D eigenvalue weighted by molar-refractivity contribution is 7.20. The first-order chi connectivity index (χ1) is 24.0. The Morgan fingerprint density at radius 2 is 0.673 bits per heavy atom. The maximum atomic E-state index is 2.50. The third kappa shape index (κ3) is 6.11. The van der Waals surface area contributed by atoms with Crippen molar-refractivity contribution >= 4 is 57.8 Å². The van der Waals surface area contributed by atoms with Gasteiger partial charge in [-0.25, -0.2) is 0 Å². The molecule has 1 atom stereocenters. The lowest BCUT2D eigenvalue weighted by Crippen LogP contribution is -2.73. The summed E-state index contributed by atoms with van der Waals surface area (Å²) in [6.07, 6.45) is 0. The minimum Gasteiger partial charge on any atom is -0.378 e. The van der Waals surface area contributed by atoms with Gasteiger partial charge >= 0.3 is 0 Å². The van der Waals surface area contributed by atoms with Crippen LogP contribution in [0.2, 0.25) is 0 Å². The average Bonchev–Trinajstić information content (AvgIpc) is 3.23. The zero-order valence-corrected chi connectivity index (χ0v) is 38.0. The summed E-state index contributed by atoms with van der Waals surface area (Å²) >= 11 is 0. The summed E-state index contributed by atoms with van der Waals surface area (Å²) in [4.78, 5) is 14.5. The molecular weight excluding hydrogens is 653 g/mol. The van der Waals surface area contributed by atoms with Crippen molar-refractivity contribution in [3.05, 3.63) is 73.5 Å². The van der Waals surface area contributed by atoms with E-state index in [2.05, 4.69) is 201 Å². The van der Waals surface area contributed by atoms with E-state index in [9.17, 15) is 0 Å². The predicted molar refractivity (Wildman–Crippen MR) is 239 cm³/mol. The van der Waals surface area contributed by atoms with Crippen molar-refractivity contribution in [2.45, 2.75) is 69.2 Å². The predicted octanol–water partition coefficient (Wildman–Crippen LogP) is 7.25. The van der Waals surface area contributed by atoms with Crippen LogP contribution in [0.1, 0.15) is 61.1 Å². The van der Waals surface area contributed by atoms with Crippen LogP contribution in [0, 0.1) is 47.5 Å². The molecule has 0 N–H and O–H groups in total. The van der Waals surface area contributed by atoms with Crippen LogP contribution in [-0.2, 0) is 0 Å².